The fraction of sp³-hybridized carbons (Fsp3) is 0.609. The first-order chi connectivity index (χ1) is 14.4. The third-order valence-electron chi connectivity index (χ3n) is 7.67. The van der Waals surface area contributed by atoms with Gasteiger partial charge in [0.2, 0.25) is 0 Å². The number of hydrogen-bond acceptors (Lipinski definition) is 6. The summed E-state index contributed by atoms with van der Waals surface area (Å²) in [7, 11) is 4.70. The summed E-state index contributed by atoms with van der Waals surface area (Å²) < 4.78 is 16.4. The van der Waals surface area contributed by atoms with Crippen LogP contribution in [0.1, 0.15) is 37.4 Å². The molecule has 2 aromatic rings. The van der Waals surface area contributed by atoms with Gasteiger partial charge in [-0.3, -0.25) is 9.69 Å². The molecule has 3 aliphatic heterocycles. The van der Waals surface area contributed by atoms with Gasteiger partial charge in [-0.1, -0.05) is 13.3 Å². The number of aromatic amines is 1. The zero-order valence-electron chi connectivity index (χ0n) is 18.1. The molecule has 0 amide bonds. The maximum atomic E-state index is 13.5. The third kappa shape index (κ3) is 2.42. The number of esters is 1. The quantitative estimate of drug-likeness (QED) is 0.748. The van der Waals surface area contributed by atoms with Crippen molar-refractivity contribution < 1.29 is 24.1 Å². The van der Waals surface area contributed by atoms with E-state index in [-0.39, 0.29) is 17.9 Å². The van der Waals surface area contributed by atoms with Crippen molar-refractivity contribution in [1.29, 1.82) is 0 Å². The third-order valence-corrected chi connectivity index (χ3v) is 7.67. The van der Waals surface area contributed by atoms with Crippen molar-refractivity contribution in [3.8, 4) is 11.5 Å². The molecule has 1 aliphatic carbocycles. The second-order valence-electron chi connectivity index (χ2n) is 9.13. The normalized spacial score (nSPS) is 34.4. The van der Waals surface area contributed by atoms with Gasteiger partial charge < -0.3 is 24.3 Å². The number of carbonyl (C=O) groups is 1. The van der Waals surface area contributed by atoms with Crippen molar-refractivity contribution in [3.05, 3.63) is 23.4 Å². The number of carbonyl (C=O) groups excluding carboxylic acids is 1. The van der Waals surface area contributed by atoms with Crippen molar-refractivity contribution in [2.45, 2.75) is 49.7 Å². The minimum atomic E-state index is -0.911. The number of rotatable bonds is 4. The molecule has 3 fully saturated rings. The van der Waals surface area contributed by atoms with E-state index in [9.17, 15) is 9.90 Å². The zero-order chi connectivity index (χ0) is 21.3. The van der Waals surface area contributed by atoms with Crippen LogP contribution in [0.25, 0.3) is 10.9 Å². The average Bonchev–Trinajstić information content (AvgIpc) is 3.07. The summed E-state index contributed by atoms with van der Waals surface area (Å²) in [5.41, 5.74) is 1.12. The summed E-state index contributed by atoms with van der Waals surface area (Å²) in [6, 6.07) is 3.93. The molecule has 0 spiro atoms. The van der Waals surface area contributed by atoms with Crippen LogP contribution in [0.15, 0.2) is 12.1 Å². The van der Waals surface area contributed by atoms with Gasteiger partial charge in [0.15, 0.2) is 11.5 Å². The van der Waals surface area contributed by atoms with Crippen LogP contribution in [-0.2, 0) is 21.4 Å². The van der Waals surface area contributed by atoms with Crippen LogP contribution in [0, 0.1) is 5.92 Å². The number of hydrogen-bond donors (Lipinski definition) is 2. The first-order valence-corrected chi connectivity index (χ1v) is 10.7. The molecule has 1 aromatic carbocycles. The molecule has 30 heavy (non-hydrogen) atoms. The number of nitrogens with one attached hydrogen (secondary N) is 1. The Kier molecular flexibility index (Phi) is 4.35. The van der Waals surface area contributed by atoms with Crippen LogP contribution in [-0.4, -0.2) is 67.0 Å². The van der Waals surface area contributed by atoms with Gasteiger partial charge in [-0.05, 0) is 30.4 Å². The fourth-order valence-corrected chi connectivity index (χ4v) is 6.68. The molecule has 4 aliphatic rings. The summed E-state index contributed by atoms with van der Waals surface area (Å²) in [6.45, 7) is 3.57. The monoisotopic (exact) mass is 414 g/mol. The highest BCUT2D eigenvalue weighted by molar-refractivity contribution is 5.93. The van der Waals surface area contributed by atoms with Crippen molar-refractivity contribution in [2.75, 3.05) is 34.4 Å². The van der Waals surface area contributed by atoms with Crippen LogP contribution < -0.4 is 9.47 Å². The smallest absolute Gasteiger partial charge is 0.319 e. The number of benzene rings is 1. The fourth-order valence-electron chi connectivity index (χ4n) is 6.68. The molecule has 4 bridgehead atoms. The summed E-state index contributed by atoms with van der Waals surface area (Å²) in [6.07, 6.45) is 2.84. The first kappa shape index (κ1) is 19.7. The van der Waals surface area contributed by atoms with Gasteiger partial charge in [0.25, 0.3) is 0 Å². The maximum absolute atomic E-state index is 13.5. The van der Waals surface area contributed by atoms with Crippen molar-refractivity contribution >= 4 is 16.9 Å². The van der Waals surface area contributed by atoms with Gasteiger partial charge in [0.05, 0.1) is 26.9 Å². The summed E-state index contributed by atoms with van der Waals surface area (Å²) in [4.78, 5) is 19.4. The van der Waals surface area contributed by atoms with Crippen LogP contribution in [0.3, 0.4) is 0 Å². The van der Waals surface area contributed by atoms with Crippen molar-refractivity contribution in [2.24, 2.45) is 5.92 Å². The lowest BCUT2D eigenvalue weighted by molar-refractivity contribution is -0.188. The number of piperidine rings is 2. The minimum Gasteiger partial charge on any atom is -0.493 e. The lowest BCUT2D eigenvalue weighted by Gasteiger charge is -2.61. The summed E-state index contributed by atoms with van der Waals surface area (Å²) >= 11 is 0. The molecule has 1 unspecified atom stereocenters. The number of aliphatic hydroxyl groups is 1. The Hall–Kier alpha value is -2.25. The molecule has 5 atom stereocenters. The maximum Gasteiger partial charge on any atom is 0.319 e. The first-order valence-electron chi connectivity index (χ1n) is 10.7. The van der Waals surface area contributed by atoms with Gasteiger partial charge in [-0.15, -0.1) is 0 Å². The Morgan fingerprint density at radius 1 is 1.27 bits per heavy atom. The second-order valence-corrected chi connectivity index (χ2v) is 9.13. The molecule has 7 heteroatoms. The van der Waals surface area contributed by atoms with E-state index in [2.05, 4.69) is 16.8 Å². The summed E-state index contributed by atoms with van der Waals surface area (Å²) in [5, 5.41) is 12.6. The highest BCUT2D eigenvalue weighted by atomic mass is 16.5. The zero-order valence-corrected chi connectivity index (χ0v) is 18.1. The van der Waals surface area contributed by atoms with Gasteiger partial charge >= 0.3 is 5.97 Å². The second kappa shape index (κ2) is 6.62. The van der Waals surface area contributed by atoms with E-state index in [1.165, 1.54) is 7.11 Å². The van der Waals surface area contributed by atoms with E-state index in [0.29, 0.717) is 24.5 Å². The Balaban J connectivity index is 1.81. The lowest BCUT2D eigenvalue weighted by Crippen LogP contribution is -2.73. The molecule has 1 saturated carbocycles. The van der Waals surface area contributed by atoms with E-state index in [1.807, 2.05) is 12.1 Å². The van der Waals surface area contributed by atoms with Crippen LogP contribution in [0.5, 0.6) is 11.5 Å². The predicted molar refractivity (Wildman–Crippen MR) is 112 cm³/mol. The Bertz CT molecular complexity index is 1020. The Morgan fingerprint density at radius 2 is 2.00 bits per heavy atom. The molecule has 2 saturated heterocycles. The highest BCUT2D eigenvalue weighted by Crippen LogP contribution is 2.57. The molecule has 162 valence electrons. The van der Waals surface area contributed by atoms with Crippen LogP contribution in [0.4, 0.5) is 0 Å². The van der Waals surface area contributed by atoms with Crippen LogP contribution in [0.2, 0.25) is 0 Å². The Labute approximate surface area is 176 Å². The van der Waals surface area contributed by atoms with Gasteiger partial charge in [0, 0.05) is 48.2 Å². The number of aromatic nitrogens is 1. The molecule has 2 N–H and O–H groups in total. The SMILES string of the molecule is CC[C@H]1C[C@@]2(O)CN3CCc4c([nH]c5cc(OC)c(OC)cc45)[C@](C(=O)OC)(C2)[C@H]13. The molecular formula is C23H30N2O5. The molecule has 7 nitrogen and oxygen atoms in total. The number of methoxy groups -OCH3 is 3. The van der Waals surface area contributed by atoms with E-state index >= 15 is 0 Å². The molecule has 0 radical (unpaired) electrons. The topological polar surface area (TPSA) is 84.0 Å². The minimum absolute atomic E-state index is 0.0158. The van der Waals surface area contributed by atoms with E-state index in [4.69, 9.17) is 14.2 Å². The van der Waals surface area contributed by atoms with Crippen molar-refractivity contribution in [3.63, 3.8) is 0 Å². The molecule has 4 heterocycles. The lowest BCUT2D eigenvalue weighted by atomic mass is 9.54. The van der Waals surface area contributed by atoms with Gasteiger partial charge in [0.1, 0.15) is 5.41 Å². The molecule has 1 aromatic heterocycles. The van der Waals surface area contributed by atoms with Crippen LogP contribution >= 0.6 is 0 Å². The number of ether oxygens (including phenoxy) is 3. The highest BCUT2D eigenvalue weighted by Gasteiger charge is 2.67. The number of H-pyrrole nitrogens is 1. The van der Waals surface area contributed by atoms with Gasteiger partial charge in [-0.2, -0.15) is 0 Å². The van der Waals surface area contributed by atoms with E-state index < -0.39 is 11.0 Å². The predicted octanol–water partition coefficient (Wildman–Crippen LogP) is 2.39. The largest absolute Gasteiger partial charge is 0.493 e. The number of nitrogens with zero attached hydrogens (tertiary/aromatic N) is 1. The summed E-state index contributed by atoms with van der Waals surface area (Å²) in [5.74, 6) is 1.28. The molecule has 6 rings (SSSR count). The van der Waals surface area contributed by atoms with Crippen molar-refractivity contribution in [1.82, 2.24) is 9.88 Å². The van der Waals surface area contributed by atoms with E-state index in [0.717, 1.165) is 48.0 Å². The standard InChI is InChI=1S/C23H30N2O5/c1-5-13-10-22(27)11-23(21(26)30-4)19-14(6-7-25(12-22)20(13)23)15-8-17(28-2)18(29-3)9-16(15)24-19/h8-9,13,20,24,27H,5-7,10-12H2,1-4H3/t13-,20-,22-,23+/m0/s1. The number of fused-ring (bicyclic) bond motifs is 4. The van der Waals surface area contributed by atoms with E-state index in [1.54, 1.807) is 14.2 Å². The molecular weight excluding hydrogens is 384 g/mol. The average molecular weight is 415 g/mol. The Morgan fingerprint density at radius 3 is 2.67 bits per heavy atom. The van der Waals surface area contributed by atoms with Gasteiger partial charge in [-0.25, -0.2) is 0 Å².